The smallest absolute Gasteiger partial charge is 0.406 e. The number of rotatable bonds is 5. The van der Waals surface area contributed by atoms with Crippen LogP contribution in [0.25, 0.3) is 0 Å². The van der Waals surface area contributed by atoms with Gasteiger partial charge in [0.25, 0.3) is 0 Å². The highest BCUT2D eigenvalue weighted by Crippen LogP contribution is 2.24. The first-order valence-electron chi connectivity index (χ1n) is 7.54. The first kappa shape index (κ1) is 20.8. The highest BCUT2D eigenvalue weighted by molar-refractivity contribution is 14.0. The van der Waals surface area contributed by atoms with Crippen molar-refractivity contribution in [3.8, 4) is 5.75 Å². The van der Waals surface area contributed by atoms with Gasteiger partial charge in [0.05, 0.1) is 6.54 Å². The van der Waals surface area contributed by atoms with E-state index in [0.717, 1.165) is 19.5 Å². The van der Waals surface area contributed by atoms with Gasteiger partial charge in [-0.15, -0.1) is 37.1 Å². The summed E-state index contributed by atoms with van der Waals surface area (Å²) < 4.78 is 40.0. The van der Waals surface area contributed by atoms with Gasteiger partial charge in [0, 0.05) is 11.7 Å². The van der Waals surface area contributed by atoms with Crippen LogP contribution in [0.3, 0.4) is 0 Å². The van der Waals surface area contributed by atoms with Crippen LogP contribution in [-0.2, 0) is 0 Å². The Morgan fingerprint density at radius 1 is 1.38 bits per heavy atom. The molecular formula is C15H22F3IN4O. The van der Waals surface area contributed by atoms with Crippen molar-refractivity contribution >= 4 is 35.6 Å². The lowest BCUT2D eigenvalue weighted by Crippen LogP contribution is -2.33. The van der Waals surface area contributed by atoms with E-state index in [9.17, 15) is 13.2 Å². The van der Waals surface area contributed by atoms with E-state index in [1.54, 1.807) is 0 Å². The minimum Gasteiger partial charge on any atom is -0.406 e. The Hall–Kier alpha value is -1.23. The van der Waals surface area contributed by atoms with Crippen molar-refractivity contribution in [3.63, 3.8) is 0 Å². The molecule has 1 atom stereocenters. The second-order valence-corrected chi connectivity index (χ2v) is 5.35. The third-order valence-electron chi connectivity index (χ3n) is 3.74. The number of guanidine groups is 1. The summed E-state index contributed by atoms with van der Waals surface area (Å²) in [4.78, 5) is 6.67. The molecule has 1 aliphatic heterocycles. The zero-order chi connectivity index (χ0) is 16.9. The Morgan fingerprint density at radius 2 is 2.04 bits per heavy atom. The van der Waals surface area contributed by atoms with Gasteiger partial charge in [-0.05, 0) is 50.2 Å². The molecule has 1 heterocycles. The van der Waals surface area contributed by atoms with E-state index >= 15 is 0 Å². The lowest BCUT2D eigenvalue weighted by molar-refractivity contribution is -0.274. The van der Waals surface area contributed by atoms with E-state index in [-0.39, 0.29) is 35.7 Å². The molecule has 1 fully saturated rings. The number of nitrogens with two attached hydrogens (primary N) is 1. The molecule has 136 valence electrons. The second-order valence-electron chi connectivity index (χ2n) is 5.35. The molecule has 0 saturated carbocycles. The third kappa shape index (κ3) is 6.71. The normalized spacial score (nSPS) is 19.0. The van der Waals surface area contributed by atoms with Crippen LogP contribution in [0.15, 0.2) is 29.3 Å². The minimum absolute atomic E-state index is 0. The lowest BCUT2D eigenvalue weighted by Gasteiger charge is -2.21. The molecule has 1 aromatic rings. The van der Waals surface area contributed by atoms with E-state index < -0.39 is 6.36 Å². The summed E-state index contributed by atoms with van der Waals surface area (Å²) in [6, 6.07) is 5.76. The average Bonchev–Trinajstić information content (AvgIpc) is 2.93. The van der Waals surface area contributed by atoms with Gasteiger partial charge in [-0.1, -0.05) is 6.92 Å². The molecule has 0 radical (unpaired) electrons. The number of likely N-dealkylation sites (tertiary alicyclic amines) is 1. The number of hydrogen-bond donors (Lipinski definition) is 2. The molecule has 1 saturated heterocycles. The van der Waals surface area contributed by atoms with Crippen molar-refractivity contribution in [3.05, 3.63) is 24.3 Å². The van der Waals surface area contributed by atoms with E-state index in [1.165, 1.54) is 30.7 Å². The fourth-order valence-corrected chi connectivity index (χ4v) is 2.65. The van der Waals surface area contributed by atoms with Gasteiger partial charge in [0.1, 0.15) is 5.75 Å². The molecule has 0 aromatic heterocycles. The van der Waals surface area contributed by atoms with E-state index in [0.29, 0.717) is 18.3 Å². The van der Waals surface area contributed by atoms with Gasteiger partial charge < -0.3 is 15.8 Å². The highest BCUT2D eigenvalue weighted by Gasteiger charge is 2.30. The fourth-order valence-electron chi connectivity index (χ4n) is 2.65. The number of ether oxygens (including phenoxy) is 1. The molecule has 0 aliphatic carbocycles. The number of benzene rings is 1. The second kappa shape index (κ2) is 9.30. The summed E-state index contributed by atoms with van der Waals surface area (Å²) in [6.45, 7) is 4.81. The lowest BCUT2D eigenvalue weighted by atomic mass is 10.2. The third-order valence-corrected chi connectivity index (χ3v) is 3.74. The Bertz CT molecular complexity index is 537. The van der Waals surface area contributed by atoms with Gasteiger partial charge in [-0.2, -0.15) is 0 Å². The largest absolute Gasteiger partial charge is 0.573 e. The molecule has 5 nitrogen and oxygen atoms in total. The maximum Gasteiger partial charge on any atom is 0.573 e. The van der Waals surface area contributed by atoms with Crippen molar-refractivity contribution in [2.75, 3.05) is 25.0 Å². The fraction of sp³-hybridized carbons (Fsp3) is 0.533. The molecule has 2 rings (SSSR count). The Kier molecular flexibility index (Phi) is 8.07. The van der Waals surface area contributed by atoms with Crippen LogP contribution < -0.4 is 15.8 Å². The van der Waals surface area contributed by atoms with Gasteiger partial charge in [-0.25, -0.2) is 0 Å². The van der Waals surface area contributed by atoms with Gasteiger partial charge >= 0.3 is 6.36 Å². The molecule has 24 heavy (non-hydrogen) atoms. The topological polar surface area (TPSA) is 62.9 Å². The van der Waals surface area contributed by atoms with Crippen LogP contribution in [0.4, 0.5) is 18.9 Å². The number of halogens is 4. The van der Waals surface area contributed by atoms with E-state index in [1.807, 2.05) is 0 Å². The maximum absolute atomic E-state index is 12.1. The number of likely N-dealkylation sites (N-methyl/N-ethyl adjacent to an activating group) is 1. The molecular weight excluding hydrogens is 436 g/mol. The molecule has 0 spiro atoms. The molecule has 1 aliphatic rings. The SMILES string of the molecule is CCN1CCCC1CN=C(N)Nc1ccc(OC(F)(F)F)cc1.I. The molecule has 1 unspecified atom stereocenters. The Labute approximate surface area is 156 Å². The van der Waals surface area contributed by atoms with Crippen LogP contribution in [0.5, 0.6) is 5.75 Å². The molecule has 0 amide bonds. The number of alkyl halides is 3. The number of aliphatic imine (C=N–C) groups is 1. The first-order valence-corrected chi connectivity index (χ1v) is 7.54. The van der Waals surface area contributed by atoms with Crippen molar-refractivity contribution in [2.24, 2.45) is 10.7 Å². The summed E-state index contributed by atoms with van der Waals surface area (Å²) in [5, 5.41) is 2.86. The minimum atomic E-state index is -4.69. The highest BCUT2D eigenvalue weighted by atomic mass is 127. The standard InChI is InChI=1S/C15H21F3N4O.HI/c1-2-22-9-3-4-12(22)10-20-14(19)21-11-5-7-13(8-6-11)23-15(16,17)18;/h5-8,12H,2-4,9-10H2,1H3,(H3,19,20,21);1H. The zero-order valence-corrected chi connectivity index (χ0v) is 15.7. The monoisotopic (exact) mass is 458 g/mol. The van der Waals surface area contributed by atoms with Gasteiger partial charge in [0.2, 0.25) is 0 Å². The number of anilines is 1. The van der Waals surface area contributed by atoms with Crippen LogP contribution >= 0.6 is 24.0 Å². The first-order chi connectivity index (χ1) is 10.9. The summed E-state index contributed by atoms with van der Waals surface area (Å²) in [5.74, 6) is -0.0273. The quantitative estimate of drug-likeness (QED) is 0.404. The Morgan fingerprint density at radius 3 is 2.62 bits per heavy atom. The molecule has 0 bridgehead atoms. The summed E-state index contributed by atoms with van der Waals surface area (Å²) in [7, 11) is 0. The van der Waals surface area contributed by atoms with Crippen molar-refractivity contribution in [1.82, 2.24) is 4.90 Å². The zero-order valence-electron chi connectivity index (χ0n) is 13.3. The van der Waals surface area contributed by atoms with Crippen LogP contribution in [0.1, 0.15) is 19.8 Å². The number of hydrogen-bond acceptors (Lipinski definition) is 3. The predicted octanol–water partition coefficient (Wildman–Crippen LogP) is 3.41. The molecule has 9 heteroatoms. The van der Waals surface area contributed by atoms with Crippen molar-refractivity contribution in [1.29, 1.82) is 0 Å². The van der Waals surface area contributed by atoms with Crippen LogP contribution in [0, 0.1) is 0 Å². The van der Waals surface area contributed by atoms with Crippen molar-refractivity contribution < 1.29 is 17.9 Å². The van der Waals surface area contributed by atoms with Crippen molar-refractivity contribution in [2.45, 2.75) is 32.2 Å². The summed E-state index contributed by atoms with van der Waals surface area (Å²) in [6.07, 6.45) is -2.42. The maximum atomic E-state index is 12.1. The van der Waals surface area contributed by atoms with E-state index in [2.05, 4.69) is 26.9 Å². The van der Waals surface area contributed by atoms with E-state index in [4.69, 9.17) is 5.73 Å². The Balaban J connectivity index is 0.00000288. The number of nitrogens with zero attached hydrogens (tertiary/aromatic N) is 2. The molecule has 3 N–H and O–H groups in total. The predicted molar refractivity (Wildman–Crippen MR) is 98.9 cm³/mol. The summed E-state index contributed by atoms with van der Waals surface area (Å²) in [5.41, 5.74) is 6.37. The van der Waals surface area contributed by atoms with Gasteiger partial charge in [0.15, 0.2) is 5.96 Å². The van der Waals surface area contributed by atoms with Crippen LogP contribution in [0.2, 0.25) is 0 Å². The molecule has 1 aromatic carbocycles. The average molecular weight is 458 g/mol. The van der Waals surface area contributed by atoms with Crippen LogP contribution in [-0.4, -0.2) is 42.9 Å². The summed E-state index contributed by atoms with van der Waals surface area (Å²) >= 11 is 0. The van der Waals surface area contributed by atoms with Gasteiger partial charge in [-0.3, -0.25) is 9.89 Å². The number of nitrogens with one attached hydrogen (secondary N) is 1.